The third-order valence-electron chi connectivity index (χ3n) is 6.16. The van der Waals surface area contributed by atoms with Crippen LogP contribution in [-0.2, 0) is 30.9 Å². The van der Waals surface area contributed by atoms with Gasteiger partial charge in [0.15, 0.2) is 6.10 Å². The molecule has 5 nitrogen and oxygen atoms in total. The van der Waals surface area contributed by atoms with E-state index in [9.17, 15) is 15.0 Å². The van der Waals surface area contributed by atoms with Gasteiger partial charge in [0.2, 0.25) is 0 Å². The van der Waals surface area contributed by atoms with E-state index in [1.807, 2.05) is 120 Å². The molecule has 0 unspecified atom stereocenters. The molecule has 0 amide bonds. The fourth-order valence-corrected chi connectivity index (χ4v) is 4.24. The standard InChI is InChI=1S/C31H31NO4/c33-30(31(34)35)29(20-24-16-18-28(19-17-24)36-23-27-14-8-3-9-15-27)32(21-25-10-4-1-5-11-25)22-26-12-6-2-7-13-26/h1-19,29-30,33H,20-23H2,(H,34,35)/t29-,30+/m0/s1. The molecule has 0 aliphatic carbocycles. The molecule has 0 aliphatic heterocycles. The van der Waals surface area contributed by atoms with E-state index < -0.39 is 18.1 Å². The Kier molecular flexibility index (Phi) is 8.87. The van der Waals surface area contributed by atoms with Crippen molar-refractivity contribution in [3.63, 3.8) is 0 Å². The van der Waals surface area contributed by atoms with Crippen LogP contribution in [0.1, 0.15) is 22.3 Å². The number of ether oxygens (including phenoxy) is 1. The largest absolute Gasteiger partial charge is 0.489 e. The number of aliphatic carboxylic acids is 1. The number of benzene rings is 4. The van der Waals surface area contributed by atoms with Gasteiger partial charge in [0.1, 0.15) is 12.4 Å². The SMILES string of the molecule is O=C(O)[C@H](O)[C@H](Cc1ccc(OCc2ccccc2)cc1)N(Cc1ccccc1)Cc1ccccc1. The summed E-state index contributed by atoms with van der Waals surface area (Å²) in [6.45, 7) is 1.51. The molecule has 0 heterocycles. The fraction of sp³-hybridized carbons (Fsp3) is 0.194. The van der Waals surface area contributed by atoms with Crippen molar-refractivity contribution >= 4 is 5.97 Å². The molecule has 4 rings (SSSR count). The minimum absolute atomic E-state index is 0.381. The molecule has 0 fully saturated rings. The molecule has 0 bridgehead atoms. The number of aliphatic hydroxyl groups excluding tert-OH is 1. The van der Waals surface area contributed by atoms with Gasteiger partial charge in [-0.1, -0.05) is 103 Å². The summed E-state index contributed by atoms with van der Waals surface area (Å²) in [5, 5.41) is 20.5. The molecule has 36 heavy (non-hydrogen) atoms. The quantitative estimate of drug-likeness (QED) is 0.286. The van der Waals surface area contributed by atoms with Crippen LogP contribution in [0, 0.1) is 0 Å². The van der Waals surface area contributed by atoms with E-state index >= 15 is 0 Å². The molecule has 0 saturated heterocycles. The lowest BCUT2D eigenvalue weighted by Gasteiger charge is -2.34. The molecule has 0 radical (unpaired) electrons. The maximum Gasteiger partial charge on any atom is 0.334 e. The van der Waals surface area contributed by atoms with Crippen molar-refractivity contribution in [2.75, 3.05) is 0 Å². The predicted octanol–water partition coefficient (Wildman–Crippen LogP) is 5.32. The van der Waals surface area contributed by atoms with Crippen LogP contribution in [0.25, 0.3) is 0 Å². The zero-order chi connectivity index (χ0) is 25.2. The maximum atomic E-state index is 11.9. The molecule has 0 saturated carbocycles. The molecule has 0 aliphatic rings. The Hall–Kier alpha value is -3.93. The molecular formula is C31H31NO4. The average Bonchev–Trinajstić information content (AvgIpc) is 2.92. The van der Waals surface area contributed by atoms with E-state index in [0.717, 1.165) is 28.0 Å². The fourth-order valence-electron chi connectivity index (χ4n) is 4.24. The lowest BCUT2D eigenvalue weighted by atomic mass is 9.98. The van der Waals surface area contributed by atoms with E-state index in [4.69, 9.17) is 4.74 Å². The molecule has 184 valence electrons. The van der Waals surface area contributed by atoms with E-state index in [2.05, 4.69) is 0 Å². The number of hydrogen-bond acceptors (Lipinski definition) is 4. The second kappa shape index (κ2) is 12.7. The van der Waals surface area contributed by atoms with Crippen molar-refractivity contribution in [3.8, 4) is 5.75 Å². The highest BCUT2D eigenvalue weighted by atomic mass is 16.5. The van der Waals surface area contributed by atoms with Crippen LogP contribution < -0.4 is 4.74 Å². The van der Waals surface area contributed by atoms with Crippen molar-refractivity contribution < 1.29 is 19.7 Å². The van der Waals surface area contributed by atoms with Crippen molar-refractivity contribution in [1.82, 2.24) is 4.90 Å². The number of aliphatic hydroxyl groups is 1. The van der Waals surface area contributed by atoms with Crippen LogP contribution in [0.2, 0.25) is 0 Å². The highest BCUT2D eigenvalue weighted by Crippen LogP contribution is 2.22. The number of carboxylic acids is 1. The summed E-state index contributed by atoms with van der Waals surface area (Å²) in [4.78, 5) is 14.0. The Bertz CT molecular complexity index is 1160. The number of nitrogens with zero attached hydrogens (tertiary/aromatic N) is 1. The summed E-state index contributed by atoms with van der Waals surface area (Å²) in [5.41, 5.74) is 4.13. The van der Waals surface area contributed by atoms with Crippen LogP contribution in [0.3, 0.4) is 0 Å². The molecule has 5 heteroatoms. The third kappa shape index (κ3) is 7.28. The van der Waals surface area contributed by atoms with Crippen molar-refractivity contribution in [1.29, 1.82) is 0 Å². The highest BCUT2D eigenvalue weighted by molar-refractivity contribution is 5.73. The number of carbonyl (C=O) groups is 1. The van der Waals surface area contributed by atoms with E-state index in [1.165, 1.54) is 0 Å². The molecule has 2 N–H and O–H groups in total. The van der Waals surface area contributed by atoms with Crippen molar-refractivity contribution in [2.45, 2.75) is 38.3 Å². The van der Waals surface area contributed by atoms with E-state index in [1.54, 1.807) is 0 Å². The number of rotatable bonds is 12. The summed E-state index contributed by atoms with van der Waals surface area (Å²) in [6.07, 6.45) is -1.15. The Labute approximate surface area is 212 Å². The molecule has 2 atom stereocenters. The first kappa shape index (κ1) is 25.2. The summed E-state index contributed by atoms with van der Waals surface area (Å²) >= 11 is 0. The van der Waals surface area contributed by atoms with Gasteiger partial charge >= 0.3 is 5.97 Å². The van der Waals surface area contributed by atoms with Crippen LogP contribution in [0.4, 0.5) is 0 Å². The average molecular weight is 482 g/mol. The van der Waals surface area contributed by atoms with Gasteiger partial charge in [0.25, 0.3) is 0 Å². The minimum atomic E-state index is -1.54. The molecular weight excluding hydrogens is 450 g/mol. The van der Waals surface area contributed by atoms with Crippen LogP contribution in [0.15, 0.2) is 115 Å². The van der Waals surface area contributed by atoms with Crippen LogP contribution in [-0.4, -0.2) is 33.2 Å². The summed E-state index contributed by atoms with van der Waals surface area (Å²) in [5.74, 6) is -0.489. The summed E-state index contributed by atoms with van der Waals surface area (Å²) in [7, 11) is 0. The first-order valence-corrected chi connectivity index (χ1v) is 12.1. The minimum Gasteiger partial charge on any atom is -0.489 e. The number of hydrogen-bond donors (Lipinski definition) is 2. The van der Waals surface area contributed by atoms with Gasteiger partial charge in [-0.2, -0.15) is 0 Å². The first-order valence-electron chi connectivity index (χ1n) is 12.1. The van der Waals surface area contributed by atoms with E-state index in [0.29, 0.717) is 26.1 Å². The van der Waals surface area contributed by atoms with Gasteiger partial charge in [0, 0.05) is 13.1 Å². The van der Waals surface area contributed by atoms with E-state index in [-0.39, 0.29) is 0 Å². The zero-order valence-corrected chi connectivity index (χ0v) is 20.1. The third-order valence-corrected chi connectivity index (χ3v) is 6.16. The lowest BCUT2D eigenvalue weighted by Crippen LogP contribution is -2.47. The van der Waals surface area contributed by atoms with Gasteiger partial charge in [-0.25, -0.2) is 4.79 Å². The van der Waals surface area contributed by atoms with Crippen LogP contribution >= 0.6 is 0 Å². The van der Waals surface area contributed by atoms with Gasteiger partial charge < -0.3 is 14.9 Å². The molecule has 0 spiro atoms. The predicted molar refractivity (Wildman–Crippen MR) is 140 cm³/mol. The Balaban J connectivity index is 1.53. The van der Waals surface area contributed by atoms with Gasteiger partial charge in [-0.15, -0.1) is 0 Å². The smallest absolute Gasteiger partial charge is 0.334 e. The molecule has 0 aromatic heterocycles. The summed E-state index contributed by atoms with van der Waals surface area (Å²) < 4.78 is 5.89. The Morgan fingerprint density at radius 3 is 1.61 bits per heavy atom. The van der Waals surface area contributed by atoms with Gasteiger partial charge in [-0.05, 0) is 40.8 Å². The van der Waals surface area contributed by atoms with Crippen LogP contribution in [0.5, 0.6) is 5.75 Å². The Morgan fingerprint density at radius 2 is 1.14 bits per heavy atom. The van der Waals surface area contributed by atoms with Gasteiger partial charge in [-0.3, -0.25) is 4.90 Å². The van der Waals surface area contributed by atoms with Crippen molar-refractivity contribution in [2.24, 2.45) is 0 Å². The molecule has 4 aromatic carbocycles. The second-order valence-electron chi connectivity index (χ2n) is 8.85. The topological polar surface area (TPSA) is 70.0 Å². The highest BCUT2D eigenvalue weighted by Gasteiger charge is 2.31. The zero-order valence-electron chi connectivity index (χ0n) is 20.1. The summed E-state index contributed by atoms with van der Waals surface area (Å²) in [6, 6.07) is 36.8. The Morgan fingerprint density at radius 1 is 0.667 bits per heavy atom. The normalized spacial score (nSPS) is 12.7. The second-order valence-corrected chi connectivity index (χ2v) is 8.85. The number of carboxylic acid groups (broad SMARTS) is 1. The first-order chi connectivity index (χ1) is 17.6. The van der Waals surface area contributed by atoms with Gasteiger partial charge in [0.05, 0.1) is 6.04 Å². The van der Waals surface area contributed by atoms with Crippen molar-refractivity contribution in [3.05, 3.63) is 138 Å². The lowest BCUT2D eigenvalue weighted by molar-refractivity contribution is -0.151. The monoisotopic (exact) mass is 481 g/mol. The molecule has 4 aromatic rings. The maximum absolute atomic E-state index is 11.9.